The molecule has 2 aromatic rings. The van der Waals surface area contributed by atoms with Crippen molar-refractivity contribution in [3.05, 3.63) is 58.5 Å². The summed E-state index contributed by atoms with van der Waals surface area (Å²) >= 11 is 0. The van der Waals surface area contributed by atoms with E-state index >= 15 is 0 Å². The summed E-state index contributed by atoms with van der Waals surface area (Å²) in [6, 6.07) is 11.9. The van der Waals surface area contributed by atoms with Gasteiger partial charge in [-0.3, -0.25) is 9.59 Å². The van der Waals surface area contributed by atoms with Gasteiger partial charge in [-0.05, 0) is 25.1 Å². The van der Waals surface area contributed by atoms with Crippen molar-refractivity contribution in [3.8, 4) is 5.69 Å². The van der Waals surface area contributed by atoms with Crippen molar-refractivity contribution < 1.29 is 9.53 Å². The van der Waals surface area contributed by atoms with Crippen LogP contribution in [0.5, 0.6) is 0 Å². The minimum absolute atomic E-state index is 0.000142. The first-order chi connectivity index (χ1) is 10.7. The van der Waals surface area contributed by atoms with Gasteiger partial charge in [0.1, 0.15) is 5.69 Å². The summed E-state index contributed by atoms with van der Waals surface area (Å²) in [5, 5.41) is 4.22. The van der Waals surface area contributed by atoms with Crippen LogP contribution < -0.4 is 5.56 Å². The molecule has 1 aliphatic heterocycles. The maximum absolute atomic E-state index is 12.6. The molecule has 1 aliphatic rings. The molecule has 1 amide bonds. The zero-order valence-electron chi connectivity index (χ0n) is 12.3. The number of carbonyl (C=O) groups excluding carboxylic acids is 1. The summed E-state index contributed by atoms with van der Waals surface area (Å²) < 4.78 is 6.59. The monoisotopic (exact) mass is 299 g/mol. The topological polar surface area (TPSA) is 64.4 Å². The Morgan fingerprint density at radius 1 is 1.23 bits per heavy atom. The van der Waals surface area contributed by atoms with Crippen molar-refractivity contribution in [2.24, 2.45) is 0 Å². The second-order valence-corrected chi connectivity index (χ2v) is 5.23. The Balaban J connectivity index is 1.95. The molecule has 0 radical (unpaired) electrons. The number of hydrogen-bond acceptors (Lipinski definition) is 4. The summed E-state index contributed by atoms with van der Waals surface area (Å²) in [7, 11) is 0. The third-order valence-electron chi connectivity index (χ3n) is 3.65. The predicted molar refractivity (Wildman–Crippen MR) is 81.2 cm³/mol. The van der Waals surface area contributed by atoms with Crippen LogP contribution in [-0.4, -0.2) is 46.4 Å². The average molecular weight is 299 g/mol. The van der Waals surface area contributed by atoms with E-state index in [1.165, 1.54) is 16.8 Å². The first-order valence-corrected chi connectivity index (χ1v) is 7.21. The normalized spacial score (nSPS) is 18.2. The molecule has 0 spiro atoms. The molecule has 2 heterocycles. The number of morpholine rings is 1. The molecule has 1 fully saturated rings. The molecule has 1 aromatic heterocycles. The van der Waals surface area contributed by atoms with E-state index in [0.717, 1.165) is 0 Å². The Morgan fingerprint density at radius 2 is 2.00 bits per heavy atom. The van der Waals surface area contributed by atoms with Crippen LogP contribution in [0.4, 0.5) is 0 Å². The predicted octanol–water partition coefficient (Wildman–Crippen LogP) is 1.09. The lowest BCUT2D eigenvalue weighted by molar-refractivity contribution is 0.00317. The van der Waals surface area contributed by atoms with Gasteiger partial charge < -0.3 is 9.64 Å². The fourth-order valence-electron chi connectivity index (χ4n) is 2.46. The number of aromatic nitrogens is 2. The van der Waals surface area contributed by atoms with Gasteiger partial charge in [0, 0.05) is 12.6 Å². The zero-order valence-corrected chi connectivity index (χ0v) is 12.3. The number of benzene rings is 1. The van der Waals surface area contributed by atoms with Gasteiger partial charge in [-0.1, -0.05) is 18.2 Å². The first kappa shape index (κ1) is 14.5. The average Bonchev–Trinajstić information content (AvgIpc) is 2.56. The van der Waals surface area contributed by atoms with Gasteiger partial charge in [-0.2, -0.15) is 9.78 Å². The largest absolute Gasteiger partial charge is 0.377 e. The molecule has 0 bridgehead atoms. The van der Waals surface area contributed by atoms with Crippen LogP contribution in [-0.2, 0) is 4.74 Å². The van der Waals surface area contributed by atoms with E-state index in [1.807, 2.05) is 25.1 Å². The molecule has 1 aromatic carbocycles. The Hall–Kier alpha value is -2.47. The summed E-state index contributed by atoms with van der Waals surface area (Å²) in [5.41, 5.74) is 0.632. The quantitative estimate of drug-likeness (QED) is 0.833. The van der Waals surface area contributed by atoms with Gasteiger partial charge in [-0.25, -0.2) is 0 Å². The van der Waals surface area contributed by atoms with Gasteiger partial charge in [0.25, 0.3) is 11.5 Å². The van der Waals surface area contributed by atoms with E-state index in [9.17, 15) is 9.59 Å². The molecule has 0 saturated carbocycles. The number of carbonyl (C=O) groups is 1. The molecule has 6 heteroatoms. The minimum atomic E-state index is -0.266. The van der Waals surface area contributed by atoms with Crippen molar-refractivity contribution in [1.29, 1.82) is 0 Å². The molecule has 3 rings (SSSR count). The molecule has 1 atom stereocenters. The summed E-state index contributed by atoms with van der Waals surface area (Å²) in [6.45, 7) is 3.51. The van der Waals surface area contributed by atoms with E-state index in [2.05, 4.69) is 5.10 Å². The summed E-state index contributed by atoms with van der Waals surface area (Å²) in [4.78, 5) is 26.3. The van der Waals surface area contributed by atoms with E-state index in [1.54, 1.807) is 17.0 Å². The molecule has 0 N–H and O–H groups in total. The smallest absolute Gasteiger partial charge is 0.274 e. The second kappa shape index (κ2) is 6.11. The fourth-order valence-corrected chi connectivity index (χ4v) is 2.46. The Bertz CT molecular complexity index is 727. The number of hydrogen-bond donors (Lipinski definition) is 0. The van der Waals surface area contributed by atoms with Crippen LogP contribution in [0.25, 0.3) is 5.69 Å². The van der Waals surface area contributed by atoms with Crippen LogP contribution in [0.15, 0.2) is 47.3 Å². The minimum Gasteiger partial charge on any atom is -0.377 e. The van der Waals surface area contributed by atoms with Gasteiger partial charge in [-0.15, -0.1) is 0 Å². The lowest BCUT2D eigenvalue weighted by Gasteiger charge is -2.33. The number of para-hydroxylation sites is 1. The Labute approximate surface area is 127 Å². The third kappa shape index (κ3) is 2.78. The van der Waals surface area contributed by atoms with Crippen molar-refractivity contribution in [1.82, 2.24) is 14.7 Å². The van der Waals surface area contributed by atoms with Gasteiger partial charge in [0.05, 0.1) is 24.9 Å². The number of amides is 1. The molecule has 1 saturated heterocycles. The maximum Gasteiger partial charge on any atom is 0.274 e. The molecule has 114 valence electrons. The van der Waals surface area contributed by atoms with Crippen LogP contribution in [0.2, 0.25) is 0 Å². The van der Waals surface area contributed by atoms with Crippen LogP contribution >= 0.6 is 0 Å². The molecule has 0 aliphatic carbocycles. The highest BCUT2D eigenvalue weighted by molar-refractivity contribution is 5.92. The Kier molecular flexibility index (Phi) is 4.02. The summed E-state index contributed by atoms with van der Waals surface area (Å²) in [6.07, 6.45) is 0. The zero-order chi connectivity index (χ0) is 15.5. The molecule has 0 unspecified atom stereocenters. The van der Waals surface area contributed by atoms with Crippen molar-refractivity contribution >= 4 is 5.91 Å². The molecule has 22 heavy (non-hydrogen) atoms. The van der Waals surface area contributed by atoms with Crippen LogP contribution in [0, 0.1) is 0 Å². The molecular formula is C16H17N3O3. The van der Waals surface area contributed by atoms with Crippen LogP contribution in [0.1, 0.15) is 17.4 Å². The highest BCUT2D eigenvalue weighted by atomic mass is 16.5. The standard InChI is InChI=1S/C16H17N3O3/c1-12-11-22-10-9-18(12)16(21)14-7-8-15(20)19(17-14)13-5-3-2-4-6-13/h2-8,12H,9-11H2,1H3/t12-/m0/s1. The van der Waals surface area contributed by atoms with Gasteiger partial charge >= 0.3 is 0 Å². The van der Waals surface area contributed by atoms with E-state index in [0.29, 0.717) is 25.4 Å². The lowest BCUT2D eigenvalue weighted by Crippen LogP contribution is -2.47. The SMILES string of the molecule is C[C@H]1COCCN1C(=O)c1ccc(=O)n(-c2ccccc2)n1. The first-order valence-electron chi connectivity index (χ1n) is 7.21. The summed E-state index contributed by atoms with van der Waals surface area (Å²) in [5.74, 6) is -0.180. The second-order valence-electron chi connectivity index (χ2n) is 5.23. The molecular weight excluding hydrogens is 282 g/mol. The lowest BCUT2D eigenvalue weighted by atomic mass is 10.2. The number of ether oxygens (including phenoxy) is 1. The van der Waals surface area contributed by atoms with E-state index in [4.69, 9.17) is 4.74 Å². The van der Waals surface area contributed by atoms with Crippen molar-refractivity contribution in [2.75, 3.05) is 19.8 Å². The third-order valence-corrected chi connectivity index (χ3v) is 3.65. The fraction of sp³-hybridized carbons (Fsp3) is 0.312. The van der Waals surface area contributed by atoms with Gasteiger partial charge in [0.15, 0.2) is 0 Å². The Morgan fingerprint density at radius 3 is 2.73 bits per heavy atom. The highest BCUT2D eigenvalue weighted by Crippen LogP contribution is 2.11. The van der Waals surface area contributed by atoms with E-state index in [-0.39, 0.29) is 23.2 Å². The number of rotatable bonds is 2. The maximum atomic E-state index is 12.6. The highest BCUT2D eigenvalue weighted by Gasteiger charge is 2.26. The van der Waals surface area contributed by atoms with Crippen molar-refractivity contribution in [3.63, 3.8) is 0 Å². The van der Waals surface area contributed by atoms with Gasteiger partial charge in [0.2, 0.25) is 0 Å². The van der Waals surface area contributed by atoms with E-state index < -0.39 is 0 Å². The molecule has 6 nitrogen and oxygen atoms in total. The van der Waals surface area contributed by atoms with Crippen molar-refractivity contribution in [2.45, 2.75) is 13.0 Å². The number of nitrogens with zero attached hydrogens (tertiary/aromatic N) is 3. The van der Waals surface area contributed by atoms with Crippen LogP contribution in [0.3, 0.4) is 0 Å².